The van der Waals surface area contributed by atoms with Gasteiger partial charge in [0.25, 0.3) is 5.91 Å². The summed E-state index contributed by atoms with van der Waals surface area (Å²) in [5, 5.41) is 0.933. The van der Waals surface area contributed by atoms with Gasteiger partial charge in [0.2, 0.25) is 5.91 Å². The molecule has 6 nitrogen and oxygen atoms in total. The molecule has 0 spiro atoms. The summed E-state index contributed by atoms with van der Waals surface area (Å²) in [5.74, 6) is -0.820. The number of aryl methyl sites for hydroxylation is 2. The number of alkyl halides is 3. The van der Waals surface area contributed by atoms with E-state index in [-0.39, 0.29) is 23.6 Å². The number of carbonyl (C=O) groups excluding carboxylic acids is 2. The second-order valence-corrected chi connectivity index (χ2v) is 9.43. The average Bonchev–Trinajstić information content (AvgIpc) is 3.38. The van der Waals surface area contributed by atoms with Gasteiger partial charge >= 0.3 is 6.18 Å². The number of H-pyrrole nitrogens is 1. The first-order valence-corrected chi connectivity index (χ1v) is 12.0. The van der Waals surface area contributed by atoms with Crippen LogP contribution < -0.4 is 15.8 Å². The first-order valence-electron chi connectivity index (χ1n) is 12.0. The molecule has 1 aliphatic heterocycles. The minimum absolute atomic E-state index is 0.0911. The van der Waals surface area contributed by atoms with Crippen LogP contribution >= 0.6 is 0 Å². The van der Waals surface area contributed by atoms with Gasteiger partial charge in [0.15, 0.2) is 0 Å². The van der Waals surface area contributed by atoms with Crippen LogP contribution in [0.4, 0.5) is 24.5 Å². The molecular weight excluding hydrogens is 493 g/mol. The molecular formula is C29H25F3N4O2. The maximum atomic E-state index is 13.7. The Labute approximate surface area is 217 Å². The van der Waals surface area contributed by atoms with E-state index >= 15 is 0 Å². The number of carbonyl (C=O) groups is 2. The van der Waals surface area contributed by atoms with Gasteiger partial charge in [-0.3, -0.25) is 19.9 Å². The number of benzene rings is 3. The zero-order chi connectivity index (χ0) is 27.2. The fourth-order valence-corrected chi connectivity index (χ4v) is 4.86. The second kappa shape index (κ2) is 9.41. The summed E-state index contributed by atoms with van der Waals surface area (Å²) in [6.07, 6.45) is -2.71. The molecule has 4 aromatic rings. The maximum absolute atomic E-state index is 13.7. The summed E-state index contributed by atoms with van der Waals surface area (Å²) < 4.78 is 40.7. The third-order valence-electron chi connectivity index (χ3n) is 6.51. The Morgan fingerprint density at radius 1 is 0.974 bits per heavy atom. The average molecular weight is 519 g/mol. The summed E-state index contributed by atoms with van der Waals surface area (Å²) in [5.41, 5.74) is 9.48. The van der Waals surface area contributed by atoms with E-state index in [1.807, 2.05) is 44.2 Å². The molecule has 0 fully saturated rings. The zero-order valence-electron chi connectivity index (χ0n) is 21.0. The predicted molar refractivity (Wildman–Crippen MR) is 140 cm³/mol. The van der Waals surface area contributed by atoms with E-state index in [1.54, 1.807) is 25.3 Å². The van der Waals surface area contributed by atoms with E-state index in [0.717, 1.165) is 39.7 Å². The largest absolute Gasteiger partial charge is 0.416 e. The molecule has 0 aliphatic carbocycles. The lowest BCUT2D eigenvalue weighted by Gasteiger charge is -2.20. The Kier molecular flexibility index (Phi) is 6.22. The number of amides is 2. The summed E-state index contributed by atoms with van der Waals surface area (Å²) in [4.78, 5) is 30.8. The predicted octanol–water partition coefficient (Wildman–Crippen LogP) is 6.08. The molecule has 0 saturated heterocycles. The fraction of sp³-hybridized carbons (Fsp3) is 0.172. The molecule has 2 heterocycles. The standard InChI is InChI=1S/C29H25F3N4O2/c1-16-10-17(2)12-21(11-16)36-25-14-20(29(30,31)32)8-9-23(25)27(28(36)38)18(3)34-35-26(37)13-19-15-33-24-7-5-4-6-22(19)24/h4-12,14-15,33-34H,13H2,1-3H3,(H,35,37)/b27-18-. The van der Waals surface area contributed by atoms with Crippen molar-refractivity contribution in [2.75, 3.05) is 4.90 Å². The summed E-state index contributed by atoms with van der Waals surface area (Å²) in [6, 6.07) is 16.3. The van der Waals surface area contributed by atoms with Gasteiger partial charge in [-0.1, -0.05) is 30.3 Å². The summed E-state index contributed by atoms with van der Waals surface area (Å²) >= 11 is 0. The van der Waals surface area contributed by atoms with E-state index in [4.69, 9.17) is 0 Å². The van der Waals surface area contributed by atoms with E-state index < -0.39 is 17.6 Å². The highest BCUT2D eigenvalue weighted by Crippen LogP contribution is 2.45. The van der Waals surface area contributed by atoms with Crippen LogP contribution in [0, 0.1) is 13.8 Å². The van der Waals surface area contributed by atoms with Gasteiger partial charge in [-0.15, -0.1) is 0 Å². The Hall–Kier alpha value is -4.53. The summed E-state index contributed by atoms with van der Waals surface area (Å²) in [6.45, 7) is 5.32. The number of nitrogens with zero attached hydrogens (tertiary/aromatic N) is 1. The Morgan fingerprint density at radius 3 is 2.39 bits per heavy atom. The van der Waals surface area contributed by atoms with E-state index in [1.165, 1.54) is 11.0 Å². The van der Waals surface area contributed by atoms with Gasteiger partial charge in [-0.25, -0.2) is 0 Å². The molecule has 0 saturated carbocycles. The zero-order valence-corrected chi connectivity index (χ0v) is 21.0. The Bertz CT molecular complexity index is 1600. The minimum Gasteiger partial charge on any atom is -0.361 e. The highest BCUT2D eigenvalue weighted by molar-refractivity contribution is 6.35. The van der Waals surface area contributed by atoms with Gasteiger partial charge in [0.1, 0.15) is 0 Å². The Morgan fingerprint density at radius 2 is 1.68 bits per heavy atom. The second-order valence-electron chi connectivity index (χ2n) is 9.43. The molecule has 9 heteroatoms. The number of anilines is 2. The molecule has 3 N–H and O–H groups in total. The molecule has 5 rings (SSSR count). The van der Waals surface area contributed by atoms with Gasteiger partial charge in [0.05, 0.1) is 23.2 Å². The minimum atomic E-state index is -4.57. The lowest BCUT2D eigenvalue weighted by molar-refractivity contribution is -0.137. The van der Waals surface area contributed by atoms with Crippen molar-refractivity contribution in [3.63, 3.8) is 0 Å². The van der Waals surface area contributed by atoms with Crippen LogP contribution in [0.5, 0.6) is 0 Å². The summed E-state index contributed by atoms with van der Waals surface area (Å²) in [7, 11) is 0. The third-order valence-corrected chi connectivity index (χ3v) is 6.51. The lowest BCUT2D eigenvalue weighted by atomic mass is 10.0. The third kappa shape index (κ3) is 4.63. The van der Waals surface area contributed by atoms with Crippen LogP contribution in [0.2, 0.25) is 0 Å². The van der Waals surface area contributed by atoms with Crippen LogP contribution in [-0.2, 0) is 22.2 Å². The molecule has 3 aromatic carbocycles. The number of allylic oxidation sites excluding steroid dienone is 1. The topological polar surface area (TPSA) is 77.2 Å². The van der Waals surface area contributed by atoms with Crippen molar-refractivity contribution in [1.82, 2.24) is 15.8 Å². The van der Waals surface area contributed by atoms with Crippen molar-refractivity contribution < 1.29 is 22.8 Å². The SMILES string of the molecule is C/C(NNC(=O)Cc1c[nH]c2ccccc12)=C1/C(=O)N(c2cc(C)cc(C)c2)c2cc(C(F)(F)F)ccc21. The van der Waals surface area contributed by atoms with Crippen LogP contribution in [0.25, 0.3) is 16.5 Å². The highest BCUT2D eigenvalue weighted by Gasteiger charge is 2.39. The van der Waals surface area contributed by atoms with Crippen LogP contribution in [0.3, 0.4) is 0 Å². The van der Waals surface area contributed by atoms with Crippen LogP contribution in [0.1, 0.15) is 34.7 Å². The number of para-hydroxylation sites is 1. The van der Waals surface area contributed by atoms with E-state index in [0.29, 0.717) is 16.9 Å². The van der Waals surface area contributed by atoms with Crippen LogP contribution in [-0.4, -0.2) is 16.8 Å². The number of hydrogen-bond donors (Lipinski definition) is 3. The number of hydrogen-bond acceptors (Lipinski definition) is 3. The molecule has 0 atom stereocenters. The van der Waals surface area contributed by atoms with Crippen molar-refractivity contribution in [3.05, 3.63) is 100 Å². The number of nitrogens with one attached hydrogen (secondary N) is 3. The number of fused-ring (bicyclic) bond motifs is 2. The van der Waals surface area contributed by atoms with Crippen LogP contribution in [0.15, 0.2) is 72.6 Å². The molecule has 0 unspecified atom stereocenters. The van der Waals surface area contributed by atoms with Crippen molar-refractivity contribution in [2.24, 2.45) is 0 Å². The monoisotopic (exact) mass is 518 g/mol. The normalized spacial score (nSPS) is 14.6. The van der Waals surface area contributed by atoms with E-state index in [9.17, 15) is 22.8 Å². The maximum Gasteiger partial charge on any atom is 0.416 e. The molecule has 0 radical (unpaired) electrons. The number of hydrazine groups is 1. The number of halogens is 3. The van der Waals surface area contributed by atoms with E-state index in [2.05, 4.69) is 15.8 Å². The molecule has 38 heavy (non-hydrogen) atoms. The lowest BCUT2D eigenvalue weighted by Crippen LogP contribution is -2.38. The van der Waals surface area contributed by atoms with Crippen molar-refractivity contribution >= 4 is 39.7 Å². The van der Waals surface area contributed by atoms with Gasteiger partial charge in [-0.2, -0.15) is 13.2 Å². The smallest absolute Gasteiger partial charge is 0.361 e. The molecule has 2 amide bonds. The first kappa shape index (κ1) is 25.1. The quantitative estimate of drug-likeness (QED) is 0.222. The van der Waals surface area contributed by atoms with Gasteiger partial charge in [0, 0.05) is 34.0 Å². The van der Waals surface area contributed by atoms with Gasteiger partial charge < -0.3 is 10.4 Å². The number of aromatic amines is 1. The highest BCUT2D eigenvalue weighted by atomic mass is 19.4. The molecule has 1 aromatic heterocycles. The van der Waals surface area contributed by atoms with Gasteiger partial charge in [-0.05, 0) is 67.8 Å². The molecule has 1 aliphatic rings. The Balaban J connectivity index is 1.46. The molecule has 194 valence electrons. The first-order chi connectivity index (χ1) is 18.0. The molecule has 0 bridgehead atoms. The van der Waals surface area contributed by atoms with Crippen molar-refractivity contribution in [3.8, 4) is 0 Å². The number of rotatable bonds is 5. The van der Waals surface area contributed by atoms with Crippen molar-refractivity contribution in [2.45, 2.75) is 33.4 Å². The number of aromatic nitrogens is 1. The van der Waals surface area contributed by atoms with Crippen molar-refractivity contribution in [1.29, 1.82) is 0 Å². The fourth-order valence-electron chi connectivity index (χ4n) is 4.86.